The Morgan fingerprint density at radius 2 is 2.10 bits per heavy atom. The first-order valence-electron chi connectivity index (χ1n) is 10.3. The van der Waals surface area contributed by atoms with Gasteiger partial charge in [-0.1, -0.05) is 25.7 Å². The third kappa shape index (κ3) is 4.73. The maximum absolute atomic E-state index is 12.3. The number of ether oxygens (including phenoxy) is 3. The summed E-state index contributed by atoms with van der Waals surface area (Å²) in [5.74, 6) is -1.14. The van der Waals surface area contributed by atoms with E-state index in [4.69, 9.17) is 19.1 Å². The minimum atomic E-state index is -0.793. The molecule has 1 aliphatic carbocycles. The van der Waals surface area contributed by atoms with Gasteiger partial charge in [-0.05, 0) is 51.9 Å². The molecule has 7 heteroatoms. The van der Waals surface area contributed by atoms with Gasteiger partial charge in [-0.15, -0.1) is 0 Å². The van der Waals surface area contributed by atoms with Crippen LogP contribution in [0.15, 0.2) is 24.3 Å². The Hall–Kier alpha value is -1.70. The molecule has 7 nitrogen and oxygen atoms in total. The van der Waals surface area contributed by atoms with E-state index in [-0.39, 0.29) is 23.5 Å². The number of fused-ring (bicyclic) bond motifs is 2. The van der Waals surface area contributed by atoms with Crippen molar-refractivity contribution < 1.29 is 33.9 Å². The van der Waals surface area contributed by atoms with Gasteiger partial charge in [0.2, 0.25) is 0 Å². The maximum Gasteiger partial charge on any atom is 0.334 e. The summed E-state index contributed by atoms with van der Waals surface area (Å²) in [6.45, 7) is 11.1. The van der Waals surface area contributed by atoms with Crippen LogP contribution in [0.4, 0.5) is 0 Å². The molecule has 7 atom stereocenters. The molecule has 0 bridgehead atoms. The largest absolute Gasteiger partial charge is 0.458 e. The van der Waals surface area contributed by atoms with Gasteiger partial charge in [-0.2, -0.15) is 0 Å². The molecule has 0 aromatic rings. The summed E-state index contributed by atoms with van der Waals surface area (Å²) in [4.78, 5) is 28.8. The second kappa shape index (κ2) is 8.20. The second-order valence-corrected chi connectivity index (χ2v) is 9.11. The fourth-order valence-electron chi connectivity index (χ4n) is 4.54. The number of epoxide rings is 1. The Balaban J connectivity index is 1.89. The smallest absolute Gasteiger partial charge is 0.334 e. The fourth-order valence-corrected chi connectivity index (χ4v) is 4.54. The van der Waals surface area contributed by atoms with Crippen LogP contribution in [-0.2, 0) is 28.7 Å². The highest BCUT2D eigenvalue weighted by molar-refractivity contribution is 5.91. The monoisotopic (exact) mass is 408 g/mol. The minimum absolute atomic E-state index is 0.0496. The van der Waals surface area contributed by atoms with Crippen LogP contribution in [0.2, 0.25) is 0 Å². The van der Waals surface area contributed by atoms with Crippen molar-refractivity contribution in [1.82, 2.24) is 0 Å². The van der Waals surface area contributed by atoms with E-state index < -0.39 is 29.7 Å². The first-order valence-corrected chi connectivity index (χ1v) is 10.3. The van der Waals surface area contributed by atoms with Gasteiger partial charge in [-0.3, -0.25) is 10.1 Å². The molecule has 3 aliphatic rings. The molecule has 0 unspecified atom stereocenters. The average Bonchev–Trinajstić information content (AvgIpc) is 3.21. The van der Waals surface area contributed by atoms with Crippen molar-refractivity contribution in [2.45, 2.75) is 89.3 Å². The minimum Gasteiger partial charge on any atom is -0.458 e. The summed E-state index contributed by atoms with van der Waals surface area (Å²) in [6, 6.07) is 0. The van der Waals surface area contributed by atoms with Crippen molar-refractivity contribution in [3.63, 3.8) is 0 Å². The molecule has 0 radical (unpaired) electrons. The van der Waals surface area contributed by atoms with E-state index in [1.54, 1.807) is 0 Å². The Morgan fingerprint density at radius 3 is 2.76 bits per heavy atom. The lowest BCUT2D eigenvalue weighted by Crippen LogP contribution is -2.41. The zero-order valence-electron chi connectivity index (χ0n) is 17.7. The summed E-state index contributed by atoms with van der Waals surface area (Å²) in [5.41, 5.74) is -0.727. The van der Waals surface area contributed by atoms with Gasteiger partial charge in [0.05, 0.1) is 11.7 Å². The van der Waals surface area contributed by atoms with Gasteiger partial charge in [0.25, 0.3) is 0 Å². The average molecular weight is 408 g/mol. The number of hydrogen-bond acceptors (Lipinski definition) is 7. The lowest BCUT2D eigenvalue weighted by atomic mass is 9.81. The summed E-state index contributed by atoms with van der Waals surface area (Å²) in [6.07, 6.45) is 5.97. The van der Waals surface area contributed by atoms with Crippen molar-refractivity contribution in [3.05, 3.63) is 24.3 Å². The van der Waals surface area contributed by atoms with E-state index in [2.05, 4.69) is 6.58 Å². The zero-order chi connectivity index (χ0) is 21.4. The van der Waals surface area contributed by atoms with E-state index in [9.17, 15) is 14.8 Å². The highest BCUT2D eigenvalue weighted by Crippen LogP contribution is 2.47. The summed E-state index contributed by atoms with van der Waals surface area (Å²) >= 11 is 0. The number of carbonyl (C=O) groups excluding carboxylic acids is 2. The molecule has 2 heterocycles. The van der Waals surface area contributed by atoms with Crippen LogP contribution in [0.1, 0.15) is 59.8 Å². The number of hydrogen-bond donors (Lipinski definition) is 1. The molecule has 0 aromatic heterocycles. The Bertz CT molecular complexity index is 701. The normalized spacial score (nSPS) is 44.1. The van der Waals surface area contributed by atoms with Gasteiger partial charge in [0.1, 0.15) is 17.8 Å². The summed E-state index contributed by atoms with van der Waals surface area (Å²) in [7, 11) is 0. The highest BCUT2D eigenvalue weighted by atomic mass is 17.1. The van der Waals surface area contributed by atoms with Crippen LogP contribution in [0.5, 0.6) is 0 Å². The molecule has 2 fully saturated rings. The third-order valence-electron chi connectivity index (χ3n) is 6.57. The molecule has 29 heavy (non-hydrogen) atoms. The molecule has 0 amide bonds. The van der Waals surface area contributed by atoms with Crippen molar-refractivity contribution in [3.8, 4) is 0 Å². The predicted octanol–water partition coefficient (Wildman–Crippen LogP) is 3.58. The van der Waals surface area contributed by atoms with Crippen LogP contribution in [0.25, 0.3) is 0 Å². The van der Waals surface area contributed by atoms with E-state index in [1.165, 1.54) is 6.92 Å². The van der Waals surface area contributed by atoms with E-state index in [0.29, 0.717) is 24.8 Å². The topological polar surface area (TPSA) is 94.6 Å². The SMILES string of the molecule is C=C1C(=O)O[C@H]2[C@@H](OC(C)=O)[C@H](C)CCC[C@](C)(OO)/C=C/C[C@@]3(C)O[C@@H]3C[C@@H]12. The van der Waals surface area contributed by atoms with Gasteiger partial charge in [0.15, 0.2) is 0 Å². The van der Waals surface area contributed by atoms with Crippen LogP contribution in [0.3, 0.4) is 0 Å². The molecular formula is C22H32O7. The second-order valence-electron chi connectivity index (χ2n) is 9.11. The van der Waals surface area contributed by atoms with Crippen molar-refractivity contribution in [1.29, 1.82) is 0 Å². The number of esters is 2. The highest BCUT2D eigenvalue weighted by Gasteiger charge is 2.56. The molecule has 2 aliphatic heterocycles. The van der Waals surface area contributed by atoms with Crippen LogP contribution in [0, 0.1) is 11.8 Å². The fraction of sp³-hybridized carbons (Fsp3) is 0.727. The Morgan fingerprint density at radius 1 is 1.38 bits per heavy atom. The first kappa shape index (κ1) is 22.0. The van der Waals surface area contributed by atoms with Gasteiger partial charge in [0, 0.05) is 18.4 Å². The van der Waals surface area contributed by atoms with Crippen LogP contribution < -0.4 is 0 Å². The Labute approximate surface area is 172 Å². The zero-order valence-corrected chi connectivity index (χ0v) is 17.7. The molecule has 0 saturated carbocycles. The first-order chi connectivity index (χ1) is 13.6. The number of rotatable bonds is 2. The van der Waals surface area contributed by atoms with E-state index in [0.717, 1.165) is 12.8 Å². The quantitative estimate of drug-likeness (QED) is 0.186. The van der Waals surface area contributed by atoms with Crippen LogP contribution >= 0.6 is 0 Å². The molecule has 3 rings (SSSR count). The van der Waals surface area contributed by atoms with Crippen molar-refractivity contribution in [2.75, 3.05) is 0 Å². The molecule has 0 spiro atoms. The molecule has 1 N–H and O–H groups in total. The van der Waals surface area contributed by atoms with Crippen LogP contribution in [-0.4, -0.2) is 46.7 Å². The molecule has 2 saturated heterocycles. The Kier molecular flexibility index (Phi) is 6.22. The molecule has 0 aromatic carbocycles. The predicted molar refractivity (Wildman–Crippen MR) is 105 cm³/mol. The molecular weight excluding hydrogens is 376 g/mol. The van der Waals surface area contributed by atoms with Gasteiger partial charge < -0.3 is 14.2 Å². The lowest BCUT2D eigenvalue weighted by molar-refractivity contribution is -0.304. The third-order valence-corrected chi connectivity index (χ3v) is 6.57. The van der Waals surface area contributed by atoms with Gasteiger partial charge >= 0.3 is 11.9 Å². The van der Waals surface area contributed by atoms with Crippen molar-refractivity contribution in [2.24, 2.45) is 11.8 Å². The summed E-state index contributed by atoms with van der Waals surface area (Å²) < 4.78 is 17.2. The molecule has 162 valence electrons. The van der Waals surface area contributed by atoms with E-state index >= 15 is 0 Å². The van der Waals surface area contributed by atoms with E-state index in [1.807, 2.05) is 32.9 Å². The summed E-state index contributed by atoms with van der Waals surface area (Å²) in [5, 5.41) is 9.40. The lowest BCUT2D eigenvalue weighted by Gasteiger charge is -2.31. The maximum atomic E-state index is 12.3. The van der Waals surface area contributed by atoms with Gasteiger partial charge in [-0.25, -0.2) is 9.68 Å². The standard InChI is InChI=1S/C22H32O7/c1-13-8-6-9-21(4,29-25)10-7-11-22(5)17(28-22)12-16-14(2)20(24)27-19(16)18(13)26-15(3)23/h7,10,13,16-19,25H,2,6,8-9,11-12H2,1,3-5H3/b10-7+/t13-,16+,17-,18+,19-,21+,22-/m1/s1. The number of carbonyl (C=O) groups is 2. The van der Waals surface area contributed by atoms with Crippen molar-refractivity contribution >= 4 is 11.9 Å².